The van der Waals surface area contributed by atoms with Crippen LogP contribution in [-0.4, -0.2) is 67.6 Å². The maximum Gasteiger partial charge on any atom is 0.191 e. The summed E-state index contributed by atoms with van der Waals surface area (Å²) in [5.74, 6) is 1.69. The summed E-state index contributed by atoms with van der Waals surface area (Å²) in [6, 6.07) is 11.4. The van der Waals surface area contributed by atoms with Crippen LogP contribution in [0.5, 0.6) is 0 Å². The maximum absolute atomic E-state index is 4.88. The molecule has 0 spiro atoms. The van der Waals surface area contributed by atoms with Crippen molar-refractivity contribution in [1.29, 1.82) is 0 Å². The smallest absolute Gasteiger partial charge is 0.191 e. The van der Waals surface area contributed by atoms with Crippen LogP contribution in [0.3, 0.4) is 0 Å². The first kappa shape index (κ1) is 20.2. The van der Waals surface area contributed by atoms with E-state index < -0.39 is 0 Å². The molecule has 2 fully saturated rings. The van der Waals surface area contributed by atoms with Crippen molar-refractivity contribution in [3.05, 3.63) is 35.9 Å². The fraction of sp³-hybridized carbons (Fsp3) is 0.682. The molecule has 2 unspecified atom stereocenters. The van der Waals surface area contributed by atoms with Gasteiger partial charge in [-0.05, 0) is 57.3 Å². The van der Waals surface area contributed by atoms with Gasteiger partial charge in [-0.15, -0.1) is 0 Å². The highest BCUT2D eigenvalue weighted by atomic mass is 15.2. The third kappa shape index (κ3) is 6.22. The third-order valence-corrected chi connectivity index (χ3v) is 5.90. The lowest BCUT2D eigenvalue weighted by molar-refractivity contribution is 0.245. The van der Waals surface area contributed by atoms with Crippen molar-refractivity contribution in [3.8, 4) is 0 Å². The Hall–Kier alpha value is -1.59. The molecule has 5 heteroatoms. The Bertz CT molecular complexity index is 573. The van der Waals surface area contributed by atoms with Crippen LogP contribution < -0.4 is 10.6 Å². The van der Waals surface area contributed by atoms with Crippen molar-refractivity contribution in [2.45, 2.75) is 45.7 Å². The molecular weight excluding hydrogens is 334 g/mol. The summed E-state index contributed by atoms with van der Waals surface area (Å²) < 4.78 is 0. The van der Waals surface area contributed by atoms with Gasteiger partial charge < -0.3 is 15.5 Å². The minimum atomic E-state index is 0.594. The summed E-state index contributed by atoms with van der Waals surface area (Å²) in [6.45, 7) is 13.1. The molecule has 0 radical (unpaired) electrons. The SMILES string of the molecule is CCNC(=NCC1CCN(CC)C1)NCC1CCCN1Cc1ccccc1. The normalized spacial score (nSPS) is 24.4. The van der Waals surface area contributed by atoms with Gasteiger partial charge >= 0.3 is 0 Å². The van der Waals surface area contributed by atoms with Gasteiger partial charge in [-0.2, -0.15) is 0 Å². The number of hydrogen-bond acceptors (Lipinski definition) is 3. The van der Waals surface area contributed by atoms with Crippen LogP contribution in [0, 0.1) is 5.92 Å². The molecule has 2 aliphatic heterocycles. The molecule has 5 nitrogen and oxygen atoms in total. The summed E-state index contributed by atoms with van der Waals surface area (Å²) >= 11 is 0. The van der Waals surface area contributed by atoms with Gasteiger partial charge in [0.25, 0.3) is 0 Å². The Morgan fingerprint density at radius 2 is 1.96 bits per heavy atom. The van der Waals surface area contributed by atoms with Gasteiger partial charge in [0.2, 0.25) is 0 Å². The second-order valence-corrected chi connectivity index (χ2v) is 7.90. The summed E-state index contributed by atoms with van der Waals surface area (Å²) in [6.07, 6.45) is 3.85. The molecule has 2 atom stereocenters. The van der Waals surface area contributed by atoms with E-state index in [0.717, 1.165) is 38.7 Å². The molecular formula is C22H37N5. The topological polar surface area (TPSA) is 42.9 Å². The Kier molecular flexibility index (Phi) is 7.96. The monoisotopic (exact) mass is 371 g/mol. The predicted octanol–water partition coefficient (Wildman–Crippen LogP) is 2.55. The molecule has 2 N–H and O–H groups in total. The lowest BCUT2D eigenvalue weighted by Gasteiger charge is -2.25. The number of nitrogens with one attached hydrogen (secondary N) is 2. The van der Waals surface area contributed by atoms with E-state index in [4.69, 9.17) is 4.99 Å². The van der Waals surface area contributed by atoms with Crippen molar-refractivity contribution in [3.63, 3.8) is 0 Å². The first-order valence-corrected chi connectivity index (χ1v) is 10.8. The van der Waals surface area contributed by atoms with Gasteiger partial charge in [0.15, 0.2) is 5.96 Å². The van der Waals surface area contributed by atoms with Crippen LogP contribution in [0.15, 0.2) is 35.3 Å². The number of hydrogen-bond donors (Lipinski definition) is 2. The van der Waals surface area contributed by atoms with E-state index in [1.165, 1.54) is 44.5 Å². The molecule has 0 bridgehead atoms. The lowest BCUT2D eigenvalue weighted by Crippen LogP contribution is -2.45. The van der Waals surface area contributed by atoms with E-state index in [-0.39, 0.29) is 0 Å². The fourth-order valence-electron chi connectivity index (χ4n) is 4.28. The fourth-order valence-corrected chi connectivity index (χ4v) is 4.28. The molecule has 2 aliphatic rings. The third-order valence-electron chi connectivity index (χ3n) is 5.90. The minimum absolute atomic E-state index is 0.594. The summed E-state index contributed by atoms with van der Waals surface area (Å²) in [5, 5.41) is 7.04. The standard InChI is InChI=1S/C22H37N5/c1-3-23-22(24-15-20-12-14-26(4-2)17-20)25-16-21-11-8-13-27(21)18-19-9-6-5-7-10-19/h5-7,9-10,20-21H,3-4,8,11-18H2,1-2H3,(H2,23,24,25). The van der Waals surface area contributed by atoms with Gasteiger partial charge in [-0.25, -0.2) is 0 Å². The van der Waals surface area contributed by atoms with Crippen LogP contribution in [-0.2, 0) is 6.54 Å². The van der Waals surface area contributed by atoms with Crippen LogP contribution in [0.2, 0.25) is 0 Å². The molecule has 1 aromatic carbocycles. The first-order valence-electron chi connectivity index (χ1n) is 10.8. The predicted molar refractivity (Wildman–Crippen MR) is 114 cm³/mol. The number of aliphatic imine (C=N–C) groups is 1. The Morgan fingerprint density at radius 3 is 2.70 bits per heavy atom. The zero-order valence-electron chi connectivity index (χ0n) is 17.2. The van der Waals surface area contributed by atoms with Crippen molar-refractivity contribution in [2.24, 2.45) is 10.9 Å². The zero-order chi connectivity index (χ0) is 18.9. The highest BCUT2D eigenvalue weighted by Gasteiger charge is 2.25. The van der Waals surface area contributed by atoms with Crippen molar-refractivity contribution in [1.82, 2.24) is 20.4 Å². The molecule has 0 aliphatic carbocycles. The van der Waals surface area contributed by atoms with E-state index in [0.29, 0.717) is 12.0 Å². The molecule has 27 heavy (non-hydrogen) atoms. The summed E-state index contributed by atoms with van der Waals surface area (Å²) in [4.78, 5) is 10.0. The molecule has 1 aromatic rings. The molecule has 150 valence electrons. The largest absolute Gasteiger partial charge is 0.357 e. The molecule has 2 heterocycles. The number of guanidine groups is 1. The van der Waals surface area contributed by atoms with Crippen LogP contribution in [0.25, 0.3) is 0 Å². The number of benzene rings is 1. The van der Waals surface area contributed by atoms with E-state index in [9.17, 15) is 0 Å². The second kappa shape index (κ2) is 10.7. The Balaban J connectivity index is 1.48. The number of rotatable bonds is 8. The average molecular weight is 372 g/mol. The highest BCUT2D eigenvalue weighted by molar-refractivity contribution is 5.79. The van der Waals surface area contributed by atoms with Crippen molar-refractivity contribution < 1.29 is 0 Å². The first-order chi connectivity index (χ1) is 13.3. The quantitative estimate of drug-likeness (QED) is 0.544. The molecule has 0 saturated carbocycles. The van der Waals surface area contributed by atoms with Crippen LogP contribution in [0.4, 0.5) is 0 Å². The lowest BCUT2D eigenvalue weighted by atomic mass is 10.1. The molecule has 2 saturated heterocycles. The van der Waals surface area contributed by atoms with Gasteiger partial charge in [0.05, 0.1) is 0 Å². The van der Waals surface area contributed by atoms with Crippen molar-refractivity contribution >= 4 is 5.96 Å². The summed E-state index contributed by atoms with van der Waals surface area (Å²) in [5.41, 5.74) is 1.41. The van der Waals surface area contributed by atoms with Crippen LogP contribution in [0.1, 0.15) is 38.7 Å². The van der Waals surface area contributed by atoms with Gasteiger partial charge in [-0.3, -0.25) is 9.89 Å². The van der Waals surface area contributed by atoms with Gasteiger partial charge in [0, 0.05) is 38.8 Å². The van der Waals surface area contributed by atoms with E-state index in [1.54, 1.807) is 0 Å². The highest BCUT2D eigenvalue weighted by Crippen LogP contribution is 2.19. The van der Waals surface area contributed by atoms with Gasteiger partial charge in [-0.1, -0.05) is 37.3 Å². The Labute approximate surface area is 165 Å². The second-order valence-electron chi connectivity index (χ2n) is 7.90. The zero-order valence-corrected chi connectivity index (χ0v) is 17.2. The van der Waals surface area contributed by atoms with Gasteiger partial charge in [0.1, 0.15) is 0 Å². The molecule has 0 amide bonds. The maximum atomic E-state index is 4.88. The Morgan fingerprint density at radius 1 is 1.11 bits per heavy atom. The molecule has 0 aromatic heterocycles. The van der Waals surface area contributed by atoms with E-state index in [1.807, 2.05) is 0 Å². The average Bonchev–Trinajstić information content (AvgIpc) is 3.34. The summed E-state index contributed by atoms with van der Waals surface area (Å²) in [7, 11) is 0. The van der Waals surface area contributed by atoms with E-state index in [2.05, 4.69) is 64.6 Å². The number of likely N-dealkylation sites (tertiary alicyclic amines) is 2. The molecule has 3 rings (SSSR count). The van der Waals surface area contributed by atoms with E-state index >= 15 is 0 Å². The van der Waals surface area contributed by atoms with Crippen molar-refractivity contribution in [2.75, 3.05) is 45.8 Å². The van der Waals surface area contributed by atoms with Crippen LogP contribution >= 0.6 is 0 Å². The minimum Gasteiger partial charge on any atom is -0.357 e. The number of nitrogens with zero attached hydrogens (tertiary/aromatic N) is 3.